The molecule has 0 aliphatic rings. The van der Waals surface area contributed by atoms with Crippen LogP contribution in [0.25, 0.3) is 0 Å². The molecule has 0 aliphatic heterocycles. The molecular formula is C15H20FN3O2. The zero-order valence-electron chi connectivity index (χ0n) is 12.4. The molecule has 114 valence electrons. The van der Waals surface area contributed by atoms with Crippen LogP contribution in [0.15, 0.2) is 18.2 Å². The summed E-state index contributed by atoms with van der Waals surface area (Å²) in [6.45, 7) is 5.45. The third kappa shape index (κ3) is 5.04. The van der Waals surface area contributed by atoms with Crippen molar-refractivity contribution in [2.45, 2.75) is 32.9 Å². The molecule has 0 bridgehead atoms. The number of halogens is 1. The van der Waals surface area contributed by atoms with E-state index in [0.29, 0.717) is 5.56 Å². The number of amides is 2. The minimum Gasteiger partial charge on any atom is -0.388 e. The highest BCUT2D eigenvalue weighted by molar-refractivity contribution is 5.73. The van der Waals surface area contributed by atoms with Crippen LogP contribution < -0.4 is 10.6 Å². The Hall–Kier alpha value is -2.13. The largest absolute Gasteiger partial charge is 0.388 e. The molecule has 0 aliphatic carbocycles. The first-order valence-electron chi connectivity index (χ1n) is 6.69. The minimum atomic E-state index is -1.00. The van der Waals surface area contributed by atoms with Crippen LogP contribution in [0, 0.1) is 23.1 Å². The second-order valence-corrected chi connectivity index (χ2v) is 5.47. The first-order chi connectivity index (χ1) is 9.76. The molecule has 0 saturated heterocycles. The van der Waals surface area contributed by atoms with Crippen molar-refractivity contribution in [1.29, 1.82) is 5.26 Å². The van der Waals surface area contributed by atoms with E-state index in [0.717, 1.165) is 6.07 Å². The van der Waals surface area contributed by atoms with Crippen LogP contribution in [0.2, 0.25) is 0 Å². The number of benzene rings is 1. The van der Waals surface area contributed by atoms with Gasteiger partial charge in [-0.05, 0) is 25.0 Å². The van der Waals surface area contributed by atoms with Gasteiger partial charge in [-0.2, -0.15) is 5.26 Å². The lowest BCUT2D eigenvalue weighted by atomic mass is 9.93. The summed E-state index contributed by atoms with van der Waals surface area (Å²) >= 11 is 0. The average Bonchev–Trinajstić information content (AvgIpc) is 2.43. The number of urea groups is 1. The van der Waals surface area contributed by atoms with Crippen molar-refractivity contribution in [2.24, 2.45) is 5.92 Å². The second kappa shape index (κ2) is 7.04. The lowest BCUT2D eigenvalue weighted by Gasteiger charge is -2.27. The van der Waals surface area contributed by atoms with Gasteiger partial charge in [0, 0.05) is 18.7 Å². The zero-order chi connectivity index (χ0) is 16.0. The third-order valence-electron chi connectivity index (χ3n) is 3.47. The molecule has 1 rings (SSSR count). The maximum absolute atomic E-state index is 13.6. The minimum absolute atomic E-state index is 0.00577. The number of aliphatic hydroxyl groups is 1. The van der Waals surface area contributed by atoms with E-state index in [4.69, 9.17) is 5.26 Å². The van der Waals surface area contributed by atoms with Crippen molar-refractivity contribution >= 4 is 6.03 Å². The highest BCUT2D eigenvalue weighted by Crippen LogP contribution is 2.14. The summed E-state index contributed by atoms with van der Waals surface area (Å²) in [6, 6.07) is 5.42. The average molecular weight is 293 g/mol. The van der Waals surface area contributed by atoms with Crippen LogP contribution >= 0.6 is 0 Å². The lowest BCUT2D eigenvalue weighted by molar-refractivity contribution is 0.0166. The first-order valence-corrected chi connectivity index (χ1v) is 6.69. The molecule has 1 aromatic carbocycles. The summed E-state index contributed by atoms with van der Waals surface area (Å²) < 4.78 is 13.6. The van der Waals surface area contributed by atoms with Gasteiger partial charge in [-0.15, -0.1) is 0 Å². The van der Waals surface area contributed by atoms with Gasteiger partial charge >= 0.3 is 6.03 Å². The number of nitriles is 1. The summed E-state index contributed by atoms with van der Waals surface area (Å²) in [5, 5.41) is 23.7. The van der Waals surface area contributed by atoms with Crippen LogP contribution in [0.3, 0.4) is 0 Å². The van der Waals surface area contributed by atoms with E-state index in [1.807, 2.05) is 19.9 Å². The van der Waals surface area contributed by atoms with E-state index in [1.54, 1.807) is 6.92 Å². The fourth-order valence-corrected chi connectivity index (χ4v) is 1.46. The van der Waals surface area contributed by atoms with E-state index in [-0.39, 0.29) is 24.6 Å². The van der Waals surface area contributed by atoms with E-state index in [9.17, 15) is 14.3 Å². The van der Waals surface area contributed by atoms with Crippen molar-refractivity contribution in [3.05, 3.63) is 35.1 Å². The van der Waals surface area contributed by atoms with Gasteiger partial charge in [-0.1, -0.05) is 19.9 Å². The normalized spacial score (nSPS) is 13.4. The van der Waals surface area contributed by atoms with Gasteiger partial charge in [0.1, 0.15) is 5.82 Å². The predicted molar refractivity (Wildman–Crippen MR) is 76.8 cm³/mol. The molecule has 3 N–H and O–H groups in total. The summed E-state index contributed by atoms with van der Waals surface area (Å²) in [6.07, 6.45) is 0. The third-order valence-corrected chi connectivity index (χ3v) is 3.47. The topological polar surface area (TPSA) is 85.2 Å². The fraction of sp³-hybridized carbons (Fsp3) is 0.467. The maximum Gasteiger partial charge on any atom is 0.315 e. The monoisotopic (exact) mass is 293 g/mol. The number of hydrogen-bond donors (Lipinski definition) is 3. The quantitative estimate of drug-likeness (QED) is 0.775. The summed E-state index contributed by atoms with van der Waals surface area (Å²) in [4.78, 5) is 11.6. The predicted octanol–water partition coefficient (Wildman–Crippen LogP) is 1.90. The van der Waals surface area contributed by atoms with Gasteiger partial charge in [0.05, 0.1) is 17.2 Å². The number of nitrogens with one attached hydrogen (secondary N) is 2. The van der Waals surface area contributed by atoms with Crippen LogP contribution in [0.4, 0.5) is 9.18 Å². The molecule has 1 atom stereocenters. The van der Waals surface area contributed by atoms with E-state index in [1.165, 1.54) is 12.1 Å². The molecule has 5 nitrogen and oxygen atoms in total. The summed E-state index contributed by atoms with van der Waals surface area (Å²) in [7, 11) is 0. The van der Waals surface area contributed by atoms with Gasteiger partial charge in [-0.25, -0.2) is 9.18 Å². The Bertz CT molecular complexity index is 550. The molecule has 1 unspecified atom stereocenters. The smallest absolute Gasteiger partial charge is 0.315 e. The van der Waals surface area contributed by atoms with Gasteiger partial charge in [0.25, 0.3) is 0 Å². The Morgan fingerprint density at radius 2 is 2.14 bits per heavy atom. The SMILES string of the molecule is CC(C)C(C)(O)CNC(=O)NCc1ccc(C#N)cc1F. The van der Waals surface area contributed by atoms with Gasteiger partial charge in [0.2, 0.25) is 0 Å². The van der Waals surface area contributed by atoms with Crippen molar-refractivity contribution in [1.82, 2.24) is 10.6 Å². The second-order valence-electron chi connectivity index (χ2n) is 5.47. The van der Waals surface area contributed by atoms with Crippen molar-refractivity contribution < 1.29 is 14.3 Å². The molecule has 0 fully saturated rings. The van der Waals surface area contributed by atoms with E-state index in [2.05, 4.69) is 10.6 Å². The Balaban J connectivity index is 2.49. The van der Waals surface area contributed by atoms with Crippen molar-refractivity contribution in [2.75, 3.05) is 6.54 Å². The van der Waals surface area contributed by atoms with Crippen LogP contribution in [-0.4, -0.2) is 23.3 Å². The summed E-state index contributed by atoms with van der Waals surface area (Å²) in [5.74, 6) is -0.544. The highest BCUT2D eigenvalue weighted by atomic mass is 19.1. The molecule has 1 aromatic rings. The molecule has 0 spiro atoms. The van der Waals surface area contributed by atoms with Gasteiger partial charge in [-0.3, -0.25) is 0 Å². The number of carbonyl (C=O) groups excluding carboxylic acids is 1. The molecule has 0 aromatic heterocycles. The molecule has 2 amide bonds. The Labute approximate surface area is 123 Å². The number of nitrogens with zero attached hydrogens (tertiary/aromatic N) is 1. The highest BCUT2D eigenvalue weighted by Gasteiger charge is 2.25. The van der Waals surface area contributed by atoms with Gasteiger partial charge in [0.15, 0.2) is 0 Å². The fourth-order valence-electron chi connectivity index (χ4n) is 1.46. The lowest BCUT2D eigenvalue weighted by Crippen LogP contribution is -2.47. The standard InChI is InChI=1S/C15H20FN3O2/c1-10(2)15(3,21)9-19-14(20)18-8-12-5-4-11(7-17)6-13(12)16/h4-6,10,21H,8-9H2,1-3H3,(H2,18,19,20). The number of hydrogen-bond acceptors (Lipinski definition) is 3. The van der Waals surface area contributed by atoms with E-state index < -0.39 is 17.4 Å². The first kappa shape index (κ1) is 16.9. The Morgan fingerprint density at radius 3 is 2.67 bits per heavy atom. The molecule has 0 saturated carbocycles. The zero-order valence-corrected chi connectivity index (χ0v) is 12.4. The molecule has 0 heterocycles. The Kier molecular flexibility index (Phi) is 5.68. The van der Waals surface area contributed by atoms with E-state index >= 15 is 0 Å². The number of carbonyl (C=O) groups is 1. The maximum atomic E-state index is 13.6. The van der Waals surface area contributed by atoms with Gasteiger partial charge < -0.3 is 15.7 Å². The van der Waals surface area contributed by atoms with Crippen LogP contribution in [-0.2, 0) is 6.54 Å². The molecular weight excluding hydrogens is 273 g/mol. The Morgan fingerprint density at radius 1 is 1.48 bits per heavy atom. The number of rotatable bonds is 5. The molecule has 21 heavy (non-hydrogen) atoms. The van der Waals surface area contributed by atoms with Crippen molar-refractivity contribution in [3.63, 3.8) is 0 Å². The van der Waals surface area contributed by atoms with Crippen molar-refractivity contribution in [3.8, 4) is 6.07 Å². The van der Waals surface area contributed by atoms with Crippen LogP contribution in [0.5, 0.6) is 0 Å². The molecule has 0 radical (unpaired) electrons. The summed E-state index contributed by atoms with van der Waals surface area (Å²) in [5.41, 5.74) is -0.481. The van der Waals surface area contributed by atoms with Crippen LogP contribution in [0.1, 0.15) is 31.9 Å². The molecule has 6 heteroatoms.